The Labute approximate surface area is 129 Å². The van der Waals surface area contributed by atoms with E-state index in [1.54, 1.807) is 6.07 Å². The van der Waals surface area contributed by atoms with E-state index in [9.17, 15) is 4.39 Å². The van der Waals surface area contributed by atoms with Crippen molar-refractivity contribution in [2.24, 2.45) is 0 Å². The molecule has 0 bridgehead atoms. The van der Waals surface area contributed by atoms with Crippen LogP contribution in [-0.4, -0.2) is 30.6 Å². The number of rotatable bonds is 6. The minimum atomic E-state index is -0.160. The topological polar surface area (TPSA) is 15.3 Å². The maximum Gasteiger partial charge on any atom is 0.124 e. The second-order valence-corrected chi connectivity index (χ2v) is 6.52. The first-order valence-electron chi connectivity index (χ1n) is 7.58. The van der Waals surface area contributed by atoms with E-state index in [2.05, 4.69) is 33.1 Å². The van der Waals surface area contributed by atoms with Gasteiger partial charge in [-0.1, -0.05) is 29.3 Å². The summed E-state index contributed by atoms with van der Waals surface area (Å²) in [5.74, 6) is -0.160. The Morgan fingerprint density at radius 1 is 1.35 bits per heavy atom. The van der Waals surface area contributed by atoms with Crippen LogP contribution in [-0.2, 0) is 6.54 Å². The maximum atomic E-state index is 13.5. The van der Waals surface area contributed by atoms with E-state index in [-0.39, 0.29) is 5.82 Å². The SMILES string of the molecule is CCCNCC1CCCCN1Cc1cc(F)cc(Br)c1. The van der Waals surface area contributed by atoms with Crippen molar-refractivity contribution in [3.05, 3.63) is 34.1 Å². The van der Waals surface area contributed by atoms with Gasteiger partial charge in [-0.3, -0.25) is 4.90 Å². The lowest BCUT2D eigenvalue weighted by atomic mass is 10.0. The molecule has 4 heteroatoms. The fourth-order valence-corrected chi connectivity index (χ4v) is 3.39. The second-order valence-electron chi connectivity index (χ2n) is 5.60. The van der Waals surface area contributed by atoms with E-state index in [1.807, 2.05) is 6.07 Å². The van der Waals surface area contributed by atoms with Crippen LogP contribution in [0.15, 0.2) is 22.7 Å². The molecule has 1 N–H and O–H groups in total. The third kappa shape index (κ3) is 4.83. The van der Waals surface area contributed by atoms with Crippen molar-refractivity contribution >= 4 is 15.9 Å². The summed E-state index contributed by atoms with van der Waals surface area (Å²) < 4.78 is 14.3. The van der Waals surface area contributed by atoms with Gasteiger partial charge in [0, 0.05) is 23.6 Å². The molecule has 1 aliphatic heterocycles. The second kappa shape index (κ2) is 8.11. The minimum Gasteiger partial charge on any atom is -0.315 e. The number of benzene rings is 1. The smallest absolute Gasteiger partial charge is 0.124 e. The van der Waals surface area contributed by atoms with Crippen molar-refractivity contribution in [2.75, 3.05) is 19.6 Å². The van der Waals surface area contributed by atoms with Gasteiger partial charge in [0.25, 0.3) is 0 Å². The van der Waals surface area contributed by atoms with Gasteiger partial charge in [-0.25, -0.2) is 4.39 Å². The van der Waals surface area contributed by atoms with Gasteiger partial charge in [0.2, 0.25) is 0 Å². The molecule has 20 heavy (non-hydrogen) atoms. The summed E-state index contributed by atoms with van der Waals surface area (Å²) >= 11 is 3.37. The zero-order valence-corrected chi connectivity index (χ0v) is 13.8. The largest absolute Gasteiger partial charge is 0.315 e. The molecule has 1 unspecified atom stereocenters. The summed E-state index contributed by atoms with van der Waals surface area (Å²) in [6.07, 6.45) is 4.97. The molecule has 1 atom stereocenters. The maximum absolute atomic E-state index is 13.5. The van der Waals surface area contributed by atoms with Crippen LogP contribution < -0.4 is 5.32 Å². The van der Waals surface area contributed by atoms with Crippen LogP contribution in [0.1, 0.15) is 38.2 Å². The van der Waals surface area contributed by atoms with E-state index >= 15 is 0 Å². The van der Waals surface area contributed by atoms with Crippen LogP contribution in [0.4, 0.5) is 4.39 Å². The van der Waals surface area contributed by atoms with Gasteiger partial charge < -0.3 is 5.32 Å². The number of hydrogen-bond donors (Lipinski definition) is 1. The van der Waals surface area contributed by atoms with Gasteiger partial charge in [0.05, 0.1) is 0 Å². The highest BCUT2D eigenvalue weighted by molar-refractivity contribution is 9.10. The molecule has 0 aromatic heterocycles. The first-order chi connectivity index (χ1) is 9.69. The molecule has 2 nitrogen and oxygen atoms in total. The predicted octanol–water partition coefficient (Wildman–Crippen LogP) is 3.94. The lowest BCUT2D eigenvalue weighted by molar-refractivity contribution is 0.137. The molecule has 1 aromatic carbocycles. The van der Waals surface area contributed by atoms with Gasteiger partial charge in [-0.2, -0.15) is 0 Å². The van der Waals surface area contributed by atoms with Crippen LogP contribution >= 0.6 is 15.9 Å². The Bertz CT molecular complexity index is 405. The molecule has 0 aliphatic carbocycles. The average Bonchev–Trinajstić information content (AvgIpc) is 2.40. The molecule has 1 heterocycles. The first-order valence-corrected chi connectivity index (χ1v) is 8.38. The number of halogens is 2. The number of nitrogens with one attached hydrogen (secondary N) is 1. The summed E-state index contributed by atoms with van der Waals surface area (Å²) in [5, 5.41) is 3.52. The fraction of sp³-hybridized carbons (Fsp3) is 0.625. The van der Waals surface area contributed by atoms with Gasteiger partial charge >= 0.3 is 0 Å². The van der Waals surface area contributed by atoms with Crippen molar-refractivity contribution in [3.8, 4) is 0 Å². The molecule has 0 amide bonds. The Kier molecular flexibility index (Phi) is 6.46. The highest BCUT2D eigenvalue weighted by Gasteiger charge is 2.22. The zero-order valence-electron chi connectivity index (χ0n) is 12.2. The third-order valence-corrected chi connectivity index (χ3v) is 4.32. The molecule has 1 aliphatic rings. The Morgan fingerprint density at radius 2 is 2.20 bits per heavy atom. The Balaban J connectivity index is 1.96. The van der Waals surface area contributed by atoms with Gasteiger partial charge in [-0.05, 0) is 56.1 Å². The van der Waals surface area contributed by atoms with Crippen molar-refractivity contribution in [1.29, 1.82) is 0 Å². The van der Waals surface area contributed by atoms with E-state index in [1.165, 1.54) is 31.7 Å². The molecule has 0 spiro atoms. The van der Waals surface area contributed by atoms with Crippen LogP contribution in [0.3, 0.4) is 0 Å². The molecule has 0 radical (unpaired) electrons. The average molecular weight is 343 g/mol. The van der Waals surface area contributed by atoms with E-state index in [0.717, 1.165) is 36.2 Å². The van der Waals surface area contributed by atoms with Crippen molar-refractivity contribution < 1.29 is 4.39 Å². The molecular formula is C16H24BrFN2. The standard InChI is InChI=1S/C16H24BrFN2/c1-2-6-19-11-16-5-3-4-7-20(16)12-13-8-14(17)10-15(18)9-13/h8-10,16,19H,2-7,11-12H2,1H3. The van der Waals surface area contributed by atoms with Crippen LogP contribution in [0.25, 0.3) is 0 Å². The highest BCUT2D eigenvalue weighted by atomic mass is 79.9. The van der Waals surface area contributed by atoms with Gasteiger partial charge in [0.15, 0.2) is 0 Å². The molecule has 1 saturated heterocycles. The zero-order chi connectivity index (χ0) is 14.4. The summed E-state index contributed by atoms with van der Waals surface area (Å²) in [6, 6.07) is 5.77. The number of nitrogens with zero attached hydrogens (tertiary/aromatic N) is 1. The molecule has 1 aromatic rings. The first kappa shape index (κ1) is 15.9. The van der Waals surface area contributed by atoms with Crippen LogP contribution in [0.5, 0.6) is 0 Å². The predicted molar refractivity (Wildman–Crippen MR) is 85.3 cm³/mol. The number of piperidine rings is 1. The molecule has 112 valence electrons. The lowest BCUT2D eigenvalue weighted by Crippen LogP contribution is -2.45. The Hall–Kier alpha value is -0.450. The molecule has 1 fully saturated rings. The Morgan fingerprint density at radius 3 is 2.95 bits per heavy atom. The summed E-state index contributed by atoms with van der Waals surface area (Å²) in [6.45, 7) is 6.28. The highest BCUT2D eigenvalue weighted by Crippen LogP contribution is 2.21. The van der Waals surface area contributed by atoms with Crippen molar-refractivity contribution in [1.82, 2.24) is 10.2 Å². The van der Waals surface area contributed by atoms with Crippen molar-refractivity contribution in [2.45, 2.75) is 45.2 Å². The monoisotopic (exact) mass is 342 g/mol. The van der Waals surface area contributed by atoms with E-state index < -0.39 is 0 Å². The van der Waals surface area contributed by atoms with Crippen LogP contribution in [0, 0.1) is 5.82 Å². The lowest BCUT2D eigenvalue weighted by Gasteiger charge is -2.36. The number of hydrogen-bond acceptors (Lipinski definition) is 2. The summed E-state index contributed by atoms with van der Waals surface area (Å²) in [4.78, 5) is 2.49. The normalized spacial score (nSPS) is 20.2. The molecular weight excluding hydrogens is 319 g/mol. The minimum absolute atomic E-state index is 0.160. The fourth-order valence-electron chi connectivity index (χ4n) is 2.88. The van der Waals surface area contributed by atoms with Crippen LogP contribution in [0.2, 0.25) is 0 Å². The molecule has 0 saturated carbocycles. The molecule has 2 rings (SSSR count). The third-order valence-electron chi connectivity index (χ3n) is 3.86. The summed E-state index contributed by atoms with van der Waals surface area (Å²) in [5.41, 5.74) is 1.05. The quantitative estimate of drug-likeness (QED) is 0.787. The van der Waals surface area contributed by atoms with Crippen molar-refractivity contribution in [3.63, 3.8) is 0 Å². The van der Waals surface area contributed by atoms with E-state index in [4.69, 9.17) is 0 Å². The number of likely N-dealkylation sites (tertiary alicyclic amines) is 1. The van der Waals surface area contributed by atoms with Gasteiger partial charge in [-0.15, -0.1) is 0 Å². The van der Waals surface area contributed by atoms with E-state index in [0.29, 0.717) is 6.04 Å². The van der Waals surface area contributed by atoms with Gasteiger partial charge in [0.1, 0.15) is 5.82 Å². The summed E-state index contributed by atoms with van der Waals surface area (Å²) in [7, 11) is 0.